The molecule has 0 saturated carbocycles. The van der Waals surface area contributed by atoms with Gasteiger partial charge in [-0.15, -0.1) is 0 Å². The Hall–Kier alpha value is -1.52. The van der Waals surface area contributed by atoms with Gasteiger partial charge in [0.25, 0.3) is 0 Å². The summed E-state index contributed by atoms with van der Waals surface area (Å²) in [4.78, 5) is 5.73. The number of benzene rings is 1. The summed E-state index contributed by atoms with van der Waals surface area (Å²) >= 11 is 0. The lowest BCUT2D eigenvalue weighted by molar-refractivity contribution is -0.144. The average molecular weight is 227 g/mol. The van der Waals surface area contributed by atoms with Crippen LogP contribution in [0.3, 0.4) is 0 Å². The minimum absolute atomic E-state index is 0.218. The molecule has 2 aromatic rings. The van der Waals surface area contributed by atoms with Gasteiger partial charge in [-0.2, -0.15) is 13.2 Å². The number of alkyl halides is 3. The maximum atomic E-state index is 12.4. The van der Waals surface area contributed by atoms with Gasteiger partial charge in [0, 0.05) is 6.07 Å². The van der Waals surface area contributed by atoms with Gasteiger partial charge in [-0.1, -0.05) is 19.9 Å². The fourth-order valence-corrected chi connectivity index (χ4v) is 1.43. The van der Waals surface area contributed by atoms with Crippen molar-refractivity contribution in [2.75, 3.05) is 0 Å². The van der Waals surface area contributed by atoms with Gasteiger partial charge in [0.05, 0.1) is 11.0 Å². The molecular weight excluding hydrogens is 217 g/mol. The topological polar surface area (TPSA) is 28.7 Å². The molecule has 16 heavy (non-hydrogen) atoms. The second kappa shape index (κ2) is 3.50. The van der Waals surface area contributed by atoms with Crippen LogP contribution in [0, 0.1) is 6.07 Å². The fraction of sp³-hybridized carbons (Fsp3) is 0.364. The maximum Gasteiger partial charge on any atom is 0.449 e. The van der Waals surface area contributed by atoms with E-state index in [1.807, 2.05) is 13.8 Å². The van der Waals surface area contributed by atoms with Crippen LogP contribution in [0.15, 0.2) is 12.1 Å². The SMILES string of the molecule is CC(C)c1[c]c2nc(C(F)(F)F)[nH]c2cc1. The molecule has 1 heterocycles. The maximum absolute atomic E-state index is 12.4. The van der Waals surface area contributed by atoms with Gasteiger partial charge in [-0.05, 0) is 17.5 Å². The highest BCUT2D eigenvalue weighted by molar-refractivity contribution is 5.75. The van der Waals surface area contributed by atoms with Crippen molar-refractivity contribution in [1.29, 1.82) is 0 Å². The molecular formula is C11H10F3N2. The number of fused-ring (bicyclic) bond motifs is 1. The van der Waals surface area contributed by atoms with E-state index in [4.69, 9.17) is 0 Å². The first kappa shape index (κ1) is 11.0. The van der Waals surface area contributed by atoms with E-state index in [0.29, 0.717) is 5.52 Å². The summed E-state index contributed by atoms with van der Waals surface area (Å²) in [5.41, 5.74) is 1.45. The van der Waals surface area contributed by atoms with E-state index in [9.17, 15) is 13.2 Å². The molecule has 85 valence electrons. The van der Waals surface area contributed by atoms with E-state index in [1.165, 1.54) is 0 Å². The first-order valence-electron chi connectivity index (χ1n) is 4.87. The number of nitrogens with zero attached hydrogens (tertiary/aromatic N) is 1. The van der Waals surface area contributed by atoms with Gasteiger partial charge >= 0.3 is 6.18 Å². The molecule has 0 aliphatic carbocycles. The average Bonchev–Trinajstić information content (AvgIpc) is 2.58. The third-order valence-corrected chi connectivity index (χ3v) is 2.31. The largest absolute Gasteiger partial charge is 0.449 e. The van der Waals surface area contributed by atoms with Gasteiger partial charge in [0.2, 0.25) is 5.82 Å². The standard InChI is InChI=1S/C11H10F3N2/c1-6(2)7-3-4-8-9(5-7)16-10(15-8)11(12,13)14/h3-4,6H,1-2H3,(H,15,16). The molecule has 0 saturated heterocycles. The second-order valence-corrected chi connectivity index (χ2v) is 3.91. The van der Waals surface area contributed by atoms with Crippen molar-refractivity contribution >= 4 is 11.0 Å². The van der Waals surface area contributed by atoms with Crippen LogP contribution in [0.4, 0.5) is 13.2 Å². The van der Waals surface area contributed by atoms with Gasteiger partial charge in [0.1, 0.15) is 0 Å². The Balaban J connectivity index is 2.54. The Kier molecular flexibility index (Phi) is 2.40. The van der Waals surface area contributed by atoms with Crippen molar-refractivity contribution in [3.63, 3.8) is 0 Å². The predicted octanol–water partition coefficient (Wildman–Crippen LogP) is 3.51. The third-order valence-electron chi connectivity index (χ3n) is 2.31. The first-order chi connectivity index (χ1) is 7.38. The van der Waals surface area contributed by atoms with Crippen LogP contribution in [-0.2, 0) is 6.18 Å². The third kappa shape index (κ3) is 1.89. The fourth-order valence-electron chi connectivity index (χ4n) is 1.43. The summed E-state index contributed by atoms with van der Waals surface area (Å²) in [6, 6.07) is 6.23. The summed E-state index contributed by atoms with van der Waals surface area (Å²) < 4.78 is 37.1. The van der Waals surface area contributed by atoms with E-state index < -0.39 is 12.0 Å². The van der Waals surface area contributed by atoms with Crippen LogP contribution in [0.2, 0.25) is 0 Å². The molecule has 2 rings (SSSR count). The van der Waals surface area contributed by atoms with Crippen LogP contribution >= 0.6 is 0 Å². The summed E-state index contributed by atoms with van der Waals surface area (Å²) in [5.74, 6) is -0.755. The first-order valence-corrected chi connectivity index (χ1v) is 4.87. The van der Waals surface area contributed by atoms with E-state index in [2.05, 4.69) is 16.0 Å². The normalized spacial score (nSPS) is 12.6. The lowest BCUT2D eigenvalue weighted by Crippen LogP contribution is -2.06. The molecule has 1 aromatic carbocycles. The Labute approximate surface area is 90.5 Å². The van der Waals surface area contributed by atoms with Crippen molar-refractivity contribution < 1.29 is 13.2 Å². The van der Waals surface area contributed by atoms with Crippen LogP contribution in [-0.4, -0.2) is 9.97 Å². The Morgan fingerprint density at radius 1 is 1.31 bits per heavy atom. The summed E-state index contributed by atoms with van der Waals surface area (Å²) in [7, 11) is 0. The molecule has 0 amide bonds. The number of hydrogen-bond donors (Lipinski definition) is 1. The van der Waals surface area contributed by atoms with Crippen molar-refractivity contribution in [2.45, 2.75) is 25.9 Å². The lowest BCUT2D eigenvalue weighted by atomic mass is 10.0. The van der Waals surface area contributed by atoms with E-state index in [0.717, 1.165) is 5.56 Å². The lowest BCUT2D eigenvalue weighted by Gasteiger charge is -2.02. The monoisotopic (exact) mass is 227 g/mol. The smallest absolute Gasteiger partial charge is 0.334 e. The number of hydrogen-bond acceptors (Lipinski definition) is 1. The zero-order valence-electron chi connectivity index (χ0n) is 8.81. The number of H-pyrrole nitrogens is 1. The highest BCUT2D eigenvalue weighted by atomic mass is 19.4. The van der Waals surface area contributed by atoms with E-state index in [1.54, 1.807) is 12.1 Å². The zero-order chi connectivity index (χ0) is 11.9. The molecule has 5 heteroatoms. The Bertz CT molecular complexity index is 511. The molecule has 0 spiro atoms. The predicted molar refractivity (Wildman–Crippen MR) is 54.0 cm³/mol. The van der Waals surface area contributed by atoms with Gasteiger partial charge in [-0.25, -0.2) is 4.98 Å². The number of aromatic nitrogens is 2. The molecule has 1 radical (unpaired) electrons. The minimum Gasteiger partial charge on any atom is -0.334 e. The molecule has 0 aliphatic heterocycles. The zero-order valence-corrected chi connectivity index (χ0v) is 8.81. The Morgan fingerprint density at radius 2 is 2.00 bits per heavy atom. The summed E-state index contributed by atoms with van der Waals surface area (Å²) in [5, 5.41) is 0. The number of halogens is 3. The number of aromatic amines is 1. The summed E-state index contributed by atoms with van der Waals surface area (Å²) in [6.45, 7) is 3.91. The van der Waals surface area contributed by atoms with E-state index >= 15 is 0 Å². The van der Waals surface area contributed by atoms with Gasteiger partial charge in [0.15, 0.2) is 0 Å². The van der Waals surface area contributed by atoms with Gasteiger partial charge < -0.3 is 4.98 Å². The van der Waals surface area contributed by atoms with Crippen LogP contribution in [0.25, 0.3) is 11.0 Å². The quantitative estimate of drug-likeness (QED) is 0.793. The number of nitrogens with one attached hydrogen (secondary N) is 1. The minimum atomic E-state index is -4.44. The molecule has 0 atom stereocenters. The highest BCUT2D eigenvalue weighted by Gasteiger charge is 2.34. The van der Waals surface area contributed by atoms with E-state index in [-0.39, 0.29) is 11.4 Å². The summed E-state index contributed by atoms with van der Waals surface area (Å²) in [6.07, 6.45) is -4.44. The van der Waals surface area contributed by atoms with Crippen molar-refractivity contribution in [2.24, 2.45) is 0 Å². The van der Waals surface area contributed by atoms with Crippen LogP contribution in [0.5, 0.6) is 0 Å². The number of imidazole rings is 1. The molecule has 1 N–H and O–H groups in total. The molecule has 0 bridgehead atoms. The van der Waals surface area contributed by atoms with Crippen molar-refractivity contribution in [1.82, 2.24) is 9.97 Å². The van der Waals surface area contributed by atoms with Crippen LogP contribution in [0.1, 0.15) is 31.2 Å². The second-order valence-electron chi connectivity index (χ2n) is 3.91. The molecule has 0 unspecified atom stereocenters. The van der Waals surface area contributed by atoms with Crippen molar-refractivity contribution in [3.05, 3.63) is 29.6 Å². The molecule has 2 nitrogen and oxygen atoms in total. The van der Waals surface area contributed by atoms with Gasteiger partial charge in [-0.3, -0.25) is 0 Å². The molecule has 0 fully saturated rings. The highest BCUT2D eigenvalue weighted by Crippen LogP contribution is 2.29. The molecule has 0 aliphatic rings. The molecule has 1 aromatic heterocycles. The van der Waals surface area contributed by atoms with Crippen LogP contribution < -0.4 is 0 Å². The Morgan fingerprint density at radius 3 is 2.56 bits per heavy atom. The number of rotatable bonds is 1. The van der Waals surface area contributed by atoms with Crippen molar-refractivity contribution in [3.8, 4) is 0 Å².